The highest BCUT2D eigenvalue weighted by atomic mass is 16.5. The van der Waals surface area contributed by atoms with E-state index in [0.717, 1.165) is 11.3 Å². The van der Waals surface area contributed by atoms with Gasteiger partial charge in [-0.05, 0) is 32.4 Å². The number of para-hydroxylation sites is 1. The van der Waals surface area contributed by atoms with Crippen molar-refractivity contribution in [3.05, 3.63) is 29.8 Å². The topological polar surface area (TPSA) is 102 Å². The van der Waals surface area contributed by atoms with Gasteiger partial charge in [-0.15, -0.1) is 0 Å². The highest BCUT2D eigenvalue weighted by Crippen LogP contribution is 2.14. The first kappa shape index (κ1) is 17.9. The van der Waals surface area contributed by atoms with Crippen LogP contribution in [0.15, 0.2) is 24.3 Å². The molecule has 0 aliphatic carbocycles. The van der Waals surface area contributed by atoms with Gasteiger partial charge in [0.2, 0.25) is 0 Å². The van der Waals surface area contributed by atoms with Crippen LogP contribution in [0.4, 0.5) is 5.69 Å². The minimum atomic E-state index is -0.968. The molecular weight excluding hydrogens is 260 g/mol. The molecule has 20 heavy (non-hydrogen) atoms. The number of nitrogens with one attached hydrogen (secondary N) is 1. The number of carboxylic acid groups (broad SMARTS) is 1. The summed E-state index contributed by atoms with van der Waals surface area (Å²) < 4.78 is 4.91. The van der Waals surface area contributed by atoms with Gasteiger partial charge in [-0.3, -0.25) is 4.79 Å². The lowest BCUT2D eigenvalue weighted by atomic mass is 10.2. The first-order valence-electron chi connectivity index (χ1n) is 6.33. The second-order valence-electron chi connectivity index (χ2n) is 4.03. The third kappa shape index (κ3) is 7.38. The molecule has 0 amide bonds. The third-order valence-electron chi connectivity index (χ3n) is 2.33. The molecule has 112 valence electrons. The van der Waals surface area contributed by atoms with Crippen LogP contribution in [0.25, 0.3) is 0 Å². The van der Waals surface area contributed by atoms with Crippen LogP contribution in [0, 0.1) is 6.92 Å². The maximum Gasteiger partial charge on any atom is 0.328 e. The minimum absolute atomic E-state index is 0.222. The number of esters is 1. The van der Waals surface area contributed by atoms with Crippen molar-refractivity contribution >= 4 is 17.6 Å². The molecule has 0 bridgehead atoms. The fraction of sp³-hybridized carbons (Fsp3) is 0.429. The van der Waals surface area contributed by atoms with E-state index >= 15 is 0 Å². The summed E-state index contributed by atoms with van der Waals surface area (Å²) in [5, 5.41) is 10.7. The first-order valence-corrected chi connectivity index (χ1v) is 6.33. The number of carboxylic acids is 1. The monoisotopic (exact) mass is 282 g/mol. The van der Waals surface area contributed by atoms with Gasteiger partial charge < -0.3 is 20.9 Å². The predicted molar refractivity (Wildman–Crippen MR) is 77.6 cm³/mol. The SMILES string of the molecule is CCOC(=O)[C@H](C)Nc1ccccc1C.NCC(=O)O. The lowest BCUT2D eigenvalue weighted by Crippen LogP contribution is -2.28. The average molecular weight is 282 g/mol. The standard InChI is InChI=1S/C12H17NO2.C2H5NO2/c1-4-15-12(14)10(3)13-11-8-6-5-7-9(11)2;3-1-2(4)5/h5-8,10,13H,4H2,1-3H3;1,3H2,(H,4,5)/t10-;/m0./s1. The quantitative estimate of drug-likeness (QED) is 0.705. The highest BCUT2D eigenvalue weighted by molar-refractivity contribution is 5.79. The van der Waals surface area contributed by atoms with Crippen molar-refractivity contribution in [2.45, 2.75) is 26.8 Å². The molecule has 1 atom stereocenters. The molecule has 0 fully saturated rings. The zero-order valence-electron chi connectivity index (χ0n) is 12.1. The highest BCUT2D eigenvalue weighted by Gasteiger charge is 2.13. The smallest absolute Gasteiger partial charge is 0.328 e. The van der Waals surface area contributed by atoms with E-state index < -0.39 is 5.97 Å². The number of aliphatic carboxylic acids is 1. The van der Waals surface area contributed by atoms with Gasteiger partial charge in [0.05, 0.1) is 13.2 Å². The molecule has 0 saturated carbocycles. The van der Waals surface area contributed by atoms with Crippen molar-refractivity contribution in [2.24, 2.45) is 5.73 Å². The molecule has 0 aliphatic heterocycles. The van der Waals surface area contributed by atoms with Crippen LogP contribution in [-0.4, -0.2) is 36.2 Å². The van der Waals surface area contributed by atoms with Gasteiger partial charge in [-0.25, -0.2) is 4.79 Å². The van der Waals surface area contributed by atoms with Gasteiger partial charge in [0.25, 0.3) is 0 Å². The number of benzene rings is 1. The van der Waals surface area contributed by atoms with E-state index in [2.05, 4.69) is 11.1 Å². The van der Waals surface area contributed by atoms with Crippen LogP contribution in [-0.2, 0) is 14.3 Å². The van der Waals surface area contributed by atoms with Crippen molar-refractivity contribution in [1.82, 2.24) is 0 Å². The van der Waals surface area contributed by atoms with E-state index in [1.807, 2.05) is 31.2 Å². The molecule has 1 aromatic carbocycles. The molecule has 0 unspecified atom stereocenters. The summed E-state index contributed by atoms with van der Waals surface area (Å²) in [5.41, 5.74) is 6.66. The van der Waals surface area contributed by atoms with Crippen molar-refractivity contribution < 1.29 is 19.4 Å². The number of hydrogen-bond acceptors (Lipinski definition) is 5. The van der Waals surface area contributed by atoms with E-state index in [1.54, 1.807) is 13.8 Å². The van der Waals surface area contributed by atoms with Crippen molar-refractivity contribution in [3.8, 4) is 0 Å². The number of aryl methyl sites for hydroxylation is 1. The van der Waals surface area contributed by atoms with E-state index in [0.29, 0.717) is 6.61 Å². The van der Waals surface area contributed by atoms with E-state index in [1.165, 1.54) is 0 Å². The van der Waals surface area contributed by atoms with E-state index in [-0.39, 0.29) is 18.6 Å². The predicted octanol–water partition coefficient (Wildman–Crippen LogP) is 1.39. The van der Waals surface area contributed by atoms with Crippen LogP contribution in [0.5, 0.6) is 0 Å². The first-order chi connectivity index (χ1) is 9.42. The molecule has 1 aromatic rings. The summed E-state index contributed by atoms with van der Waals surface area (Å²) in [4.78, 5) is 20.6. The Bertz CT molecular complexity index is 435. The van der Waals surface area contributed by atoms with Crippen LogP contribution in [0.3, 0.4) is 0 Å². The van der Waals surface area contributed by atoms with Gasteiger partial charge >= 0.3 is 11.9 Å². The summed E-state index contributed by atoms with van der Waals surface area (Å²) in [5.74, 6) is -1.19. The zero-order valence-corrected chi connectivity index (χ0v) is 12.1. The third-order valence-corrected chi connectivity index (χ3v) is 2.33. The molecule has 0 aliphatic rings. The number of anilines is 1. The Kier molecular flexibility index (Phi) is 8.78. The minimum Gasteiger partial charge on any atom is -0.480 e. The Hall–Kier alpha value is -2.08. The lowest BCUT2D eigenvalue weighted by Gasteiger charge is -2.15. The zero-order chi connectivity index (χ0) is 15.5. The molecule has 0 heterocycles. The number of carbonyl (C=O) groups excluding carboxylic acids is 1. The van der Waals surface area contributed by atoms with Gasteiger partial charge in [-0.2, -0.15) is 0 Å². The molecule has 4 N–H and O–H groups in total. The summed E-state index contributed by atoms with van der Waals surface area (Å²) in [6.07, 6.45) is 0. The van der Waals surface area contributed by atoms with Crippen molar-refractivity contribution in [2.75, 3.05) is 18.5 Å². The second kappa shape index (κ2) is 9.80. The van der Waals surface area contributed by atoms with Gasteiger partial charge in [0.1, 0.15) is 6.04 Å². The van der Waals surface area contributed by atoms with E-state index in [4.69, 9.17) is 9.84 Å². The molecular formula is C14H22N2O4. The fourth-order valence-corrected chi connectivity index (χ4v) is 1.29. The number of carbonyl (C=O) groups is 2. The molecule has 6 heteroatoms. The number of ether oxygens (including phenoxy) is 1. The molecule has 0 spiro atoms. The Balaban J connectivity index is 0.000000621. The Morgan fingerprint density at radius 1 is 1.40 bits per heavy atom. The van der Waals surface area contributed by atoms with Crippen LogP contribution < -0.4 is 11.1 Å². The second-order valence-corrected chi connectivity index (χ2v) is 4.03. The summed E-state index contributed by atoms with van der Waals surface area (Å²) in [7, 11) is 0. The number of nitrogens with two attached hydrogens (primary N) is 1. The maximum atomic E-state index is 11.4. The van der Waals surface area contributed by atoms with Crippen molar-refractivity contribution in [3.63, 3.8) is 0 Å². The Morgan fingerprint density at radius 3 is 2.40 bits per heavy atom. The summed E-state index contributed by atoms with van der Waals surface area (Å²) in [6.45, 7) is 5.74. The molecule has 0 saturated heterocycles. The molecule has 1 rings (SSSR count). The normalized spacial score (nSPS) is 10.8. The molecule has 0 radical (unpaired) electrons. The van der Waals surface area contributed by atoms with Gasteiger partial charge in [-0.1, -0.05) is 18.2 Å². The van der Waals surface area contributed by atoms with Gasteiger partial charge in [0.15, 0.2) is 0 Å². The Morgan fingerprint density at radius 2 is 1.95 bits per heavy atom. The average Bonchev–Trinajstić information content (AvgIpc) is 2.42. The van der Waals surface area contributed by atoms with Crippen LogP contribution in [0.2, 0.25) is 0 Å². The summed E-state index contributed by atoms with van der Waals surface area (Å²) in [6, 6.07) is 7.54. The summed E-state index contributed by atoms with van der Waals surface area (Å²) >= 11 is 0. The van der Waals surface area contributed by atoms with Crippen LogP contribution >= 0.6 is 0 Å². The molecule has 0 aromatic heterocycles. The van der Waals surface area contributed by atoms with Gasteiger partial charge in [0, 0.05) is 5.69 Å². The maximum absolute atomic E-state index is 11.4. The molecule has 6 nitrogen and oxygen atoms in total. The fourth-order valence-electron chi connectivity index (χ4n) is 1.29. The Labute approximate surface area is 118 Å². The lowest BCUT2D eigenvalue weighted by molar-refractivity contribution is -0.143. The van der Waals surface area contributed by atoms with Crippen LogP contribution in [0.1, 0.15) is 19.4 Å². The number of hydrogen-bond donors (Lipinski definition) is 3. The number of rotatable bonds is 5. The van der Waals surface area contributed by atoms with E-state index in [9.17, 15) is 9.59 Å². The van der Waals surface area contributed by atoms with Crippen molar-refractivity contribution in [1.29, 1.82) is 0 Å². The largest absolute Gasteiger partial charge is 0.480 e.